The number of benzene rings is 2. The van der Waals surface area contributed by atoms with E-state index in [1.54, 1.807) is 0 Å². The topological polar surface area (TPSA) is 26.0 Å². The van der Waals surface area contributed by atoms with Crippen LogP contribution < -0.4 is 5.73 Å². The van der Waals surface area contributed by atoms with Crippen molar-refractivity contribution in [2.75, 3.05) is 5.73 Å². The molecular weight excluding hydrogens is 365 g/mol. The fourth-order valence-corrected chi connectivity index (χ4v) is 2.30. The van der Waals surface area contributed by atoms with Crippen LogP contribution in [0.4, 0.5) is 5.69 Å². The fourth-order valence-electron chi connectivity index (χ4n) is 1.39. The van der Waals surface area contributed by atoms with Gasteiger partial charge in [0.2, 0.25) is 0 Å². The van der Waals surface area contributed by atoms with Gasteiger partial charge in [0, 0.05) is 13.7 Å². The van der Waals surface area contributed by atoms with Gasteiger partial charge >= 0.3 is 0 Å². The molecule has 3 heteroatoms. The minimum absolute atomic E-state index is 0.799. The number of hydrogen-bond acceptors (Lipinski definition) is 1. The average Bonchev–Trinajstić information content (AvgIpc) is 2.23. The number of nitrogens with two attached hydrogens (primary N) is 1. The standard InChI is InChI=1S/C12H9BrIN/c13-9-3-1-8(2-4-9)11-7-10(15)5-6-12(11)14/h1-7H,15H2. The Hall–Kier alpha value is -0.550. The first-order valence-electron chi connectivity index (χ1n) is 4.48. The largest absolute Gasteiger partial charge is 0.399 e. The molecule has 0 aliphatic rings. The molecule has 0 aliphatic carbocycles. The van der Waals surface area contributed by atoms with Crippen LogP contribution >= 0.6 is 38.5 Å². The van der Waals surface area contributed by atoms with E-state index in [4.69, 9.17) is 5.73 Å². The second-order valence-corrected chi connectivity index (χ2v) is 5.32. The highest BCUT2D eigenvalue weighted by Gasteiger charge is 2.02. The highest BCUT2D eigenvalue weighted by Crippen LogP contribution is 2.28. The Bertz CT molecular complexity index is 479. The summed E-state index contributed by atoms with van der Waals surface area (Å²) < 4.78 is 2.30. The molecule has 0 saturated carbocycles. The molecule has 2 rings (SSSR count). The van der Waals surface area contributed by atoms with Gasteiger partial charge in [-0.2, -0.15) is 0 Å². The summed E-state index contributed by atoms with van der Waals surface area (Å²) >= 11 is 5.75. The summed E-state index contributed by atoms with van der Waals surface area (Å²) in [4.78, 5) is 0. The molecule has 2 aromatic rings. The SMILES string of the molecule is Nc1ccc(I)c(-c2ccc(Br)cc2)c1. The van der Waals surface area contributed by atoms with Crippen LogP contribution in [0.2, 0.25) is 0 Å². The van der Waals surface area contributed by atoms with Crippen molar-refractivity contribution in [1.29, 1.82) is 0 Å². The minimum Gasteiger partial charge on any atom is -0.399 e. The molecule has 0 spiro atoms. The molecule has 0 unspecified atom stereocenters. The maximum absolute atomic E-state index is 5.78. The van der Waals surface area contributed by atoms with Crippen LogP contribution in [0.3, 0.4) is 0 Å². The first kappa shape index (κ1) is 11.0. The van der Waals surface area contributed by atoms with E-state index < -0.39 is 0 Å². The van der Waals surface area contributed by atoms with Gasteiger partial charge in [0.25, 0.3) is 0 Å². The van der Waals surface area contributed by atoms with Crippen molar-refractivity contribution < 1.29 is 0 Å². The van der Waals surface area contributed by atoms with Gasteiger partial charge in [-0.3, -0.25) is 0 Å². The molecule has 0 atom stereocenters. The van der Waals surface area contributed by atoms with Crippen molar-refractivity contribution in [3.05, 3.63) is 50.5 Å². The lowest BCUT2D eigenvalue weighted by Crippen LogP contribution is -1.88. The Labute approximate surface area is 111 Å². The second kappa shape index (κ2) is 4.53. The molecule has 0 heterocycles. The van der Waals surface area contributed by atoms with E-state index in [-0.39, 0.29) is 0 Å². The molecule has 2 N–H and O–H groups in total. The van der Waals surface area contributed by atoms with Crippen LogP contribution in [0.1, 0.15) is 0 Å². The van der Waals surface area contributed by atoms with Crippen LogP contribution in [-0.4, -0.2) is 0 Å². The number of hydrogen-bond donors (Lipinski definition) is 1. The van der Waals surface area contributed by atoms with Gasteiger partial charge in [-0.05, 0) is 64.0 Å². The normalized spacial score (nSPS) is 10.3. The Balaban J connectivity index is 2.53. The zero-order valence-electron chi connectivity index (χ0n) is 7.87. The van der Waals surface area contributed by atoms with Crippen molar-refractivity contribution in [2.45, 2.75) is 0 Å². The van der Waals surface area contributed by atoms with E-state index in [0.717, 1.165) is 10.2 Å². The maximum Gasteiger partial charge on any atom is 0.0320 e. The maximum atomic E-state index is 5.78. The van der Waals surface area contributed by atoms with E-state index in [9.17, 15) is 0 Å². The van der Waals surface area contributed by atoms with Gasteiger partial charge in [-0.1, -0.05) is 28.1 Å². The Morgan fingerprint density at radius 1 is 1.00 bits per heavy atom. The quantitative estimate of drug-likeness (QED) is 0.585. The van der Waals surface area contributed by atoms with Crippen LogP contribution in [0, 0.1) is 3.57 Å². The molecule has 2 aromatic carbocycles. The van der Waals surface area contributed by atoms with Crippen LogP contribution in [0.15, 0.2) is 46.9 Å². The highest BCUT2D eigenvalue weighted by atomic mass is 127. The van der Waals surface area contributed by atoms with Crippen molar-refractivity contribution in [2.24, 2.45) is 0 Å². The van der Waals surface area contributed by atoms with E-state index in [2.05, 4.69) is 50.7 Å². The zero-order valence-corrected chi connectivity index (χ0v) is 11.6. The molecule has 0 fully saturated rings. The van der Waals surface area contributed by atoms with E-state index >= 15 is 0 Å². The summed E-state index contributed by atoms with van der Waals surface area (Å²) in [6.45, 7) is 0. The minimum atomic E-state index is 0.799. The summed E-state index contributed by atoms with van der Waals surface area (Å²) in [5, 5.41) is 0. The van der Waals surface area contributed by atoms with Crippen LogP contribution in [0.5, 0.6) is 0 Å². The molecule has 0 radical (unpaired) electrons. The Morgan fingerprint density at radius 3 is 2.33 bits per heavy atom. The summed E-state index contributed by atoms with van der Waals surface area (Å²) in [6, 6.07) is 14.2. The van der Waals surface area contributed by atoms with Gasteiger partial charge < -0.3 is 5.73 Å². The second-order valence-electron chi connectivity index (χ2n) is 3.25. The van der Waals surface area contributed by atoms with Gasteiger partial charge in [0.1, 0.15) is 0 Å². The predicted molar refractivity (Wildman–Crippen MR) is 76.7 cm³/mol. The number of rotatable bonds is 1. The van der Waals surface area contributed by atoms with Crippen molar-refractivity contribution in [3.8, 4) is 11.1 Å². The van der Waals surface area contributed by atoms with Crippen molar-refractivity contribution >= 4 is 44.2 Å². The van der Waals surface area contributed by atoms with Gasteiger partial charge in [-0.25, -0.2) is 0 Å². The molecule has 15 heavy (non-hydrogen) atoms. The molecule has 0 bridgehead atoms. The average molecular weight is 374 g/mol. The first-order valence-corrected chi connectivity index (χ1v) is 6.35. The monoisotopic (exact) mass is 373 g/mol. The summed E-state index contributed by atoms with van der Waals surface area (Å²) in [6.07, 6.45) is 0. The zero-order chi connectivity index (χ0) is 10.8. The Kier molecular flexibility index (Phi) is 3.31. The van der Waals surface area contributed by atoms with Crippen molar-refractivity contribution in [1.82, 2.24) is 0 Å². The lowest BCUT2D eigenvalue weighted by molar-refractivity contribution is 1.56. The third-order valence-electron chi connectivity index (χ3n) is 2.15. The van der Waals surface area contributed by atoms with E-state index in [1.165, 1.54) is 14.7 Å². The molecule has 0 amide bonds. The summed E-state index contributed by atoms with van der Waals surface area (Å²) in [7, 11) is 0. The van der Waals surface area contributed by atoms with Crippen molar-refractivity contribution in [3.63, 3.8) is 0 Å². The number of nitrogen functional groups attached to an aromatic ring is 1. The predicted octanol–water partition coefficient (Wildman–Crippen LogP) is 4.30. The smallest absolute Gasteiger partial charge is 0.0320 e. The van der Waals surface area contributed by atoms with Crippen LogP contribution in [0.25, 0.3) is 11.1 Å². The molecule has 1 nitrogen and oxygen atoms in total. The molecule has 0 aromatic heterocycles. The Morgan fingerprint density at radius 2 is 1.67 bits per heavy atom. The number of halogens is 2. The lowest BCUT2D eigenvalue weighted by Gasteiger charge is -2.06. The lowest BCUT2D eigenvalue weighted by atomic mass is 10.1. The molecule has 76 valence electrons. The third kappa shape index (κ3) is 2.52. The molecule has 0 saturated heterocycles. The summed E-state index contributed by atoms with van der Waals surface area (Å²) in [5.74, 6) is 0. The van der Waals surface area contributed by atoms with E-state index in [1.807, 2.05) is 30.3 Å². The van der Waals surface area contributed by atoms with Crippen LogP contribution in [-0.2, 0) is 0 Å². The van der Waals surface area contributed by atoms with Gasteiger partial charge in [-0.15, -0.1) is 0 Å². The first-order chi connectivity index (χ1) is 7.16. The fraction of sp³-hybridized carbons (Fsp3) is 0. The van der Waals surface area contributed by atoms with E-state index in [0.29, 0.717) is 0 Å². The highest BCUT2D eigenvalue weighted by molar-refractivity contribution is 14.1. The summed E-state index contributed by atoms with van der Waals surface area (Å²) in [5.41, 5.74) is 8.95. The third-order valence-corrected chi connectivity index (χ3v) is 3.61. The number of anilines is 1. The molecular formula is C12H9BrIN. The molecule has 0 aliphatic heterocycles. The van der Waals surface area contributed by atoms with Gasteiger partial charge in [0.05, 0.1) is 0 Å². The van der Waals surface area contributed by atoms with Gasteiger partial charge in [0.15, 0.2) is 0 Å².